The van der Waals surface area contributed by atoms with Gasteiger partial charge < -0.3 is 11.1 Å². The molecule has 7 nitrogen and oxygen atoms in total. The average molecular weight is 261 g/mol. The predicted molar refractivity (Wildman–Crippen MR) is 72.8 cm³/mol. The number of rotatable bonds is 4. The highest BCUT2D eigenvalue weighted by molar-refractivity contribution is 5.56. The molecule has 0 aliphatic carbocycles. The van der Waals surface area contributed by atoms with Gasteiger partial charge in [-0.05, 0) is 18.6 Å². The Labute approximate surface area is 110 Å². The Morgan fingerprint density at radius 1 is 1.53 bits per heavy atom. The first kappa shape index (κ1) is 12.9. The Morgan fingerprint density at radius 2 is 2.26 bits per heavy atom. The molecule has 0 unspecified atom stereocenters. The molecule has 3 N–H and O–H groups in total. The zero-order valence-electron chi connectivity index (χ0n) is 10.8. The second-order valence-corrected chi connectivity index (χ2v) is 4.29. The molecule has 19 heavy (non-hydrogen) atoms. The Hall–Kier alpha value is -2.57. The van der Waals surface area contributed by atoms with E-state index >= 15 is 0 Å². The number of aromatic nitrogens is 2. The van der Waals surface area contributed by atoms with Crippen molar-refractivity contribution in [2.24, 2.45) is 7.05 Å². The number of nitrogen functional groups attached to an aromatic ring is 1. The van der Waals surface area contributed by atoms with Crippen LogP contribution < -0.4 is 11.1 Å². The molecule has 100 valence electrons. The van der Waals surface area contributed by atoms with Crippen LogP contribution in [-0.2, 0) is 13.6 Å². The molecule has 0 bridgehead atoms. The standard InChI is InChI=1S/C12H15N5O2/c1-8-5-10(17(18)19)3-4-11(8)14-6-9-7-15-16(2)12(9)13/h3-5,7,14H,6,13H2,1-2H3. The third-order valence-corrected chi connectivity index (χ3v) is 2.95. The average Bonchev–Trinajstić information content (AvgIpc) is 2.68. The molecule has 0 saturated carbocycles. The molecular formula is C12H15N5O2. The third-order valence-electron chi connectivity index (χ3n) is 2.95. The lowest BCUT2D eigenvalue weighted by atomic mass is 10.1. The molecule has 0 saturated heterocycles. The molecule has 0 amide bonds. The maximum Gasteiger partial charge on any atom is 0.269 e. The van der Waals surface area contributed by atoms with Crippen LogP contribution in [0.2, 0.25) is 0 Å². The summed E-state index contributed by atoms with van der Waals surface area (Å²) in [5.41, 5.74) is 8.47. The van der Waals surface area contributed by atoms with Gasteiger partial charge in [0.1, 0.15) is 5.82 Å². The van der Waals surface area contributed by atoms with Crippen LogP contribution in [0.25, 0.3) is 0 Å². The summed E-state index contributed by atoms with van der Waals surface area (Å²) in [4.78, 5) is 10.2. The number of hydrogen-bond donors (Lipinski definition) is 2. The quantitative estimate of drug-likeness (QED) is 0.646. The maximum atomic E-state index is 10.6. The van der Waals surface area contributed by atoms with Crippen molar-refractivity contribution in [1.29, 1.82) is 0 Å². The molecule has 0 fully saturated rings. The minimum absolute atomic E-state index is 0.0870. The molecule has 1 heterocycles. The Morgan fingerprint density at radius 3 is 2.79 bits per heavy atom. The van der Waals surface area contributed by atoms with E-state index in [0.717, 1.165) is 16.8 Å². The van der Waals surface area contributed by atoms with Crippen molar-refractivity contribution in [3.63, 3.8) is 0 Å². The van der Waals surface area contributed by atoms with E-state index in [1.807, 2.05) is 6.92 Å². The number of benzene rings is 1. The van der Waals surface area contributed by atoms with Crippen molar-refractivity contribution in [2.45, 2.75) is 13.5 Å². The predicted octanol–water partition coefficient (Wildman–Crippen LogP) is 1.83. The van der Waals surface area contributed by atoms with E-state index in [1.165, 1.54) is 12.1 Å². The monoisotopic (exact) mass is 261 g/mol. The maximum absolute atomic E-state index is 10.6. The fourth-order valence-electron chi connectivity index (χ4n) is 1.78. The number of nitro benzene ring substituents is 1. The second-order valence-electron chi connectivity index (χ2n) is 4.29. The highest BCUT2D eigenvalue weighted by Gasteiger charge is 2.09. The minimum Gasteiger partial charge on any atom is -0.384 e. The molecule has 7 heteroatoms. The van der Waals surface area contributed by atoms with Crippen molar-refractivity contribution in [2.75, 3.05) is 11.1 Å². The zero-order valence-corrected chi connectivity index (χ0v) is 10.8. The number of hydrogen-bond acceptors (Lipinski definition) is 5. The smallest absolute Gasteiger partial charge is 0.269 e. The Kier molecular flexibility index (Phi) is 3.37. The second kappa shape index (κ2) is 4.97. The van der Waals surface area contributed by atoms with Gasteiger partial charge in [0, 0.05) is 37.0 Å². The lowest BCUT2D eigenvalue weighted by Gasteiger charge is -2.08. The van der Waals surface area contributed by atoms with Gasteiger partial charge in [-0.25, -0.2) is 0 Å². The molecule has 0 spiro atoms. The van der Waals surface area contributed by atoms with Gasteiger partial charge in [0.25, 0.3) is 5.69 Å². The van der Waals surface area contributed by atoms with Gasteiger partial charge in [-0.3, -0.25) is 14.8 Å². The fraction of sp³-hybridized carbons (Fsp3) is 0.250. The highest BCUT2D eigenvalue weighted by Crippen LogP contribution is 2.22. The molecule has 2 rings (SSSR count). The number of nitro groups is 1. The van der Waals surface area contributed by atoms with Gasteiger partial charge in [0.15, 0.2) is 0 Å². The summed E-state index contributed by atoms with van der Waals surface area (Å²) in [7, 11) is 1.77. The summed E-state index contributed by atoms with van der Waals surface area (Å²) < 4.78 is 1.60. The van der Waals surface area contributed by atoms with Crippen molar-refractivity contribution >= 4 is 17.2 Å². The summed E-state index contributed by atoms with van der Waals surface area (Å²) >= 11 is 0. The number of non-ortho nitro benzene ring substituents is 1. The van der Waals surface area contributed by atoms with Crippen LogP contribution in [0.1, 0.15) is 11.1 Å². The van der Waals surface area contributed by atoms with E-state index in [2.05, 4.69) is 10.4 Å². The molecular weight excluding hydrogens is 246 g/mol. The van der Waals surface area contributed by atoms with Crippen LogP contribution in [0.15, 0.2) is 24.4 Å². The van der Waals surface area contributed by atoms with Crippen LogP contribution >= 0.6 is 0 Å². The fourth-order valence-corrected chi connectivity index (χ4v) is 1.78. The van der Waals surface area contributed by atoms with E-state index in [9.17, 15) is 10.1 Å². The van der Waals surface area contributed by atoms with Gasteiger partial charge in [-0.1, -0.05) is 0 Å². The summed E-state index contributed by atoms with van der Waals surface area (Å²) in [6, 6.07) is 4.71. The number of nitrogens with two attached hydrogens (primary N) is 1. The van der Waals surface area contributed by atoms with Crippen LogP contribution in [-0.4, -0.2) is 14.7 Å². The molecule has 0 aliphatic rings. The molecule has 2 aromatic rings. The van der Waals surface area contributed by atoms with E-state index in [0.29, 0.717) is 12.4 Å². The summed E-state index contributed by atoms with van der Waals surface area (Å²) in [5.74, 6) is 0.604. The van der Waals surface area contributed by atoms with Crippen molar-refractivity contribution in [3.05, 3.63) is 45.6 Å². The molecule has 0 radical (unpaired) electrons. The number of nitrogens with one attached hydrogen (secondary N) is 1. The SMILES string of the molecule is Cc1cc([N+](=O)[O-])ccc1NCc1cnn(C)c1N. The van der Waals surface area contributed by atoms with Gasteiger partial charge in [-0.15, -0.1) is 0 Å². The first-order valence-corrected chi connectivity index (χ1v) is 5.74. The largest absolute Gasteiger partial charge is 0.384 e. The van der Waals surface area contributed by atoms with Gasteiger partial charge in [0.2, 0.25) is 0 Å². The number of aryl methyl sites for hydroxylation is 2. The van der Waals surface area contributed by atoms with E-state index in [1.54, 1.807) is 24.0 Å². The third kappa shape index (κ3) is 2.65. The summed E-state index contributed by atoms with van der Waals surface area (Å²) in [6.45, 7) is 2.35. The van der Waals surface area contributed by atoms with Gasteiger partial charge in [-0.2, -0.15) is 5.10 Å². The topological polar surface area (TPSA) is 99.0 Å². The van der Waals surface area contributed by atoms with Crippen LogP contribution in [0, 0.1) is 17.0 Å². The summed E-state index contributed by atoms with van der Waals surface area (Å²) in [5, 5.41) is 17.9. The Bertz CT molecular complexity index is 621. The van der Waals surface area contributed by atoms with E-state index in [4.69, 9.17) is 5.73 Å². The molecule has 0 aliphatic heterocycles. The van der Waals surface area contributed by atoms with Crippen molar-refractivity contribution in [3.8, 4) is 0 Å². The van der Waals surface area contributed by atoms with Crippen molar-refractivity contribution in [1.82, 2.24) is 9.78 Å². The normalized spacial score (nSPS) is 10.4. The van der Waals surface area contributed by atoms with Gasteiger partial charge >= 0.3 is 0 Å². The molecule has 0 atom stereocenters. The van der Waals surface area contributed by atoms with Crippen LogP contribution in [0.5, 0.6) is 0 Å². The lowest BCUT2D eigenvalue weighted by Crippen LogP contribution is -2.05. The minimum atomic E-state index is -0.407. The van der Waals surface area contributed by atoms with E-state index < -0.39 is 4.92 Å². The zero-order chi connectivity index (χ0) is 14.0. The van der Waals surface area contributed by atoms with Crippen LogP contribution in [0.3, 0.4) is 0 Å². The van der Waals surface area contributed by atoms with Gasteiger partial charge in [0.05, 0.1) is 11.1 Å². The molecule has 1 aromatic heterocycles. The number of nitrogens with zero attached hydrogens (tertiary/aromatic N) is 3. The lowest BCUT2D eigenvalue weighted by molar-refractivity contribution is -0.384. The van der Waals surface area contributed by atoms with E-state index in [-0.39, 0.29) is 5.69 Å². The van der Waals surface area contributed by atoms with Crippen LogP contribution in [0.4, 0.5) is 17.2 Å². The number of anilines is 2. The molecule has 1 aromatic carbocycles. The first-order valence-electron chi connectivity index (χ1n) is 5.74. The van der Waals surface area contributed by atoms with Crippen molar-refractivity contribution < 1.29 is 4.92 Å². The first-order chi connectivity index (χ1) is 8.99. The summed E-state index contributed by atoms with van der Waals surface area (Å²) in [6.07, 6.45) is 1.70. The Balaban J connectivity index is 2.12. The highest BCUT2D eigenvalue weighted by atomic mass is 16.6.